The van der Waals surface area contributed by atoms with Crippen LogP contribution in [0.5, 0.6) is 11.5 Å². The molecule has 1 aliphatic rings. The Balaban J connectivity index is 1.18. The molecule has 1 atom stereocenters. The fourth-order valence-corrected chi connectivity index (χ4v) is 7.48. The summed E-state index contributed by atoms with van der Waals surface area (Å²) < 4.78 is 22.3. The topological polar surface area (TPSA) is 295 Å². The summed E-state index contributed by atoms with van der Waals surface area (Å²) >= 11 is 0. The molecule has 0 radical (unpaired) electrons. The van der Waals surface area contributed by atoms with Gasteiger partial charge in [0.05, 0.1) is 37.1 Å². The molecule has 0 fully saturated rings. The highest BCUT2D eigenvalue weighted by Crippen LogP contribution is 2.33. The summed E-state index contributed by atoms with van der Waals surface area (Å²) in [6.07, 6.45) is 6.10. The number of methoxy groups -OCH3 is 2. The molecule has 1 aliphatic heterocycles. The number of nitrogens with two attached hydrogens (primary N) is 2. The minimum absolute atomic E-state index is 0.0954. The standard InChI is InChI=1S/C44H53N13O10/c1-7-57-31(19-25(2)52-57)41(63)51-44-50-28-20-26(39(45)61)22-32(66-6)37(28)56(44)16-9-8-15-55-38-29(49-43(55)47-3)21-27(40(46)62)23-33(38)67-18-10-14-53(4)42(64)30(24-65-5)48-34(58)13-17-54-35(59)11-12-36(54)60/h8-9,11-12,19-23,30H,7,10,13-18,24H2,1-6H3,(H2,45,61)(H2,46,62)(H,47,49)(H,48,58)(H,50,51,63)/b9-8+. The van der Waals surface area contributed by atoms with Crippen molar-refractivity contribution in [3.05, 3.63) is 77.2 Å². The molecular formula is C44H53N13O10. The Kier molecular flexibility index (Phi) is 15.4. The number of aromatic nitrogens is 6. The Morgan fingerprint density at radius 2 is 1.46 bits per heavy atom. The smallest absolute Gasteiger partial charge is 0.276 e. The number of imidazole rings is 2. The Bertz CT molecular complexity index is 2790. The van der Waals surface area contributed by atoms with Crippen LogP contribution in [0.1, 0.15) is 56.7 Å². The second kappa shape index (κ2) is 21.3. The summed E-state index contributed by atoms with van der Waals surface area (Å²) in [5.74, 6) is -2.57. The fraction of sp³-hybridized carbons (Fsp3) is 0.364. The van der Waals surface area contributed by atoms with Gasteiger partial charge in [0.2, 0.25) is 35.5 Å². The summed E-state index contributed by atoms with van der Waals surface area (Å²) in [6.45, 7) is 4.61. The number of imide groups is 1. The van der Waals surface area contributed by atoms with Crippen LogP contribution in [0.4, 0.5) is 11.9 Å². The predicted octanol–water partition coefficient (Wildman–Crippen LogP) is 1.34. The van der Waals surface area contributed by atoms with Crippen LogP contribution < -0.4 is 36.9 Å². The molecule has 1 unspecified atom stereocenters. The average Bonchev–Trinajstić information content (AvgIpc) is 4.06. The van der Waals surface area contributed by atoms with Crippen LogP contribution in [0, 0.1) is 6.92 Å². The van der Waals surface area contributed by atoms with Crippen molar-refractivity contribution < 1.29 is 47.8 Å². The number of nitrogens with zero attached hydrogens (tertiary/aromatic N) is 8. The first kappa shape index (κ1) is 48.4. The van der Waals surface area contributed by atoms with Gasteiger partial charge >= 0.3 is 0 Å². The molecular weight excluding hydrogens is 871 g/mol. The van der Waals surface area contributed by atoms with Crippen LogP contribution in [0.25, 0.3) is 22.1 Å². The number of hydrogen-bond donors (Lipinski definition) is 5. The number of allylic oxidation sites excluding steroid dienone is 2. The van der Waals surface area contributed by atoms with E-state index < -0.39 is 47.4 Å². The number of hydrogen-bond acceptors (Lipinski definition) is 14. The summed E-state index contributed by atoms with van der Waals surface area (Å²) in [4.78, 5) is 99.7. The average molecular weight is 924 g/mol. The Labute approximate surface area is 384 Å². The quantitative estimate of drug-likeness (QED) is 0.0351. The lowest BCUT2D eigenvalue weighted by Gasteiger charge is -2.24. The molecule has 7 N–H and O–H groups in total. The monoisotopic (exact) mass is 923 g/mol. The lowest BCUT2D eigenvalue weighted by Crippen LogP contribution is -2.50. The van der Waals surface area contributed by atoms with Crippen molar-refractivity contribution in [2.75, 3.05) is 65.3 Å². The molecule has 23 nitrogen and oxygen atoms in total. The van der Waals surface area contributed by atoms with Crippen molar-refractivity contribution in [1.29, 1.82) is 0 Å². The minimum atomic E-state index is -1.03. The largest absolute Gasteiger partial charge is 0.494 e. The Hall–Kier alpha value is -8.08. The fourth-order valence-electron chi connectivity index (χ4n) is 7.48. The zero-order chi connectivity index (χ0) is 48.5. The van der Waals surface area contributed by atoms with Gasteiger partial charge in [0.1, 0.15) is 34.3 Å². The van der Waals surface area contributed by atoms with Crippen LogP contribution in [0.3, 0.4) is 0 Å². The molecule has 0 bridgehead atoms. The molecule has 6 rings (SSSR count). The van der Waals surface area contributed by atoms with Gasteiger partial charge in [0.15, 0.2) is 0 Å². The summed E-state index contributed by atoms with van der Waals surface area (Å²) in [7, 11) is 6.10. The van der Waals surface area contributed by atoms with Gasteiger partial charge in [-0.15, -0.1) is 0 Å². The highest BCUT2D eigenvalue weighted by atomic mass is 16.5. The highest BCUT2D eigenvalue weighted by Gasteiger charge is 2.28. The van der Waals surface area contributed by atoms with Crippen LogP contribution in [0.15, 0.2) is 54.6 Å². The SMILES string of the molecule is CCn1nc(C)cc1C(=O)Nc1nc2cc(C(N)=O)cc(OC)c2n1C/C=C/Cn1c(NC)nc2cc(C(N)=O)cc(OCCCN(C)C(=O)C(COC)NC(=O)CCN3C(=O)C=CC3=O)c21. The van der Waals surface area contributed by atoms with Crippen molar-refractivity contribution in [1.82, 2.24) is 44.0 Å². The summed E-state index contributed by atoms with van der Waals surface area (Å²) in [5, 5.41) is 13.0. The van der Waals surface area contributed by atoms with E-state index in [0.29, 0.717) is 63.9 Å². The first-order valence-corrected chi connectivity index (χ1v) is 21.2. The first-order valence-electron chi connectivity index (χ1n) is 21.2. The number of benzene rings is 2. The Morgan fingerprint density at radius 3 is 2.04 bits per heavy atom. The van der Waals surface area contributed by atoms with E-state index in [1.165, 1.54) is 37.3 Å². The number of aryl methyl sites for hydroxylation is 2. The van der Waals surface area contributed by atoms with E-state index in [9.17, 15) is 33.6 Å². The second-order valence-electron chi connectivity index (χ2n) is 15.3. The van der Waals surface area contributed by atoms with Crippen molar-refractivity contribution in [3.8, 4) is 11.5 Å². The lowest BCUT2D eigenvalue weighted by atomic mass is 10.1. The van der Waals surface area contributed by atoms with Gasteiger partial charge in [-0.25, -0.2) is 9.97 Å². The molecule has 23 heteroatoms. The maximum absolute atomic E-state index is 13.6. The highest BCUT2D eigenvalue weighted by molar-refractivity contribution is 6.13. The number of carbonyl (C=O) groups excluding carboxylic acids is 7. The number of ether oxygens (including phenoxy) is 3. The molecule has 0 saturated carbocycles. The molecule has 67 heavy (non-hydrogen) atoms. The number of amides is 7. The second-order valence-corrected chi connectivity index (χ2v) is 15.3. The molecule has 5 aromatic rings. The molecule has 2 aromatic carbocycles. The Morgan fingerprint density at radius 1 is 0.866 bits per heavy atom. The van der Waals surface area contributed by atoms with Gasteiger partial charge < -0.3 is 50.3 Å². The van der Waals surface area contributed by atoms with Gasteiger partial charge in [-0.05, 0) is 50.6 Å². The lowest BCUT2D eigenvalue weighted by molar-refractivity contribution is -0.139. The number of likely N-dealkylation sites (N-methyl/N-ethyl adjacent to an activating group) is 1. The van der Waals surface area contributed by atoms with Crippen molar-refractivity contribution >= 4 is 75.3 Å². The predicted molar refractivity (Wildman–Crippen MR) is 244 cm³/mol. The van der Waals surface area contributed by atoms with E-state index in [1.54, 1.807) is 42.4 Å². The number of rotatable bonds is 23. The number of carbonyl (C=O) groups is 7. The van der Waals surface area contributed by atoms with E-state index in [0.717, 1.165) is 17.1 Å². The van der Waals surface area contributed by atoms with Crippen molar-refractivity contribution in [2.24, 2.45) is 11.5 Å². The van der Waals surface area contributed by atoms with Crippen LogP contribution in [-0.2, 0) is 43.5 Å². The summed E-state index contributed by atoms with van der Waals surface area (Å²) in [6, 6.07) is 6.76. The summed E-state index contributed by atoms with van der Waals surface area (Å²) in [5.41, 5.74) is 14.5. The number of anilines is 2. The zero-order valence-electron chi connectivity index (χ0n) is 38.0. The van der Waals surface area contributed by atoms with E-state index >= 15 is 0 Å². The maximum atomic E-state index is 13.6. The number of nitrogens with one attached hydrogen (secondary N) is 3. The molecule has 0 saturated heterocycles. The van der Waals surface area contributed by atoms with Gasteiger partial charge in [-0.2, -0.15) is 5.10 Å². The van der Waals surface area contributed by atoms with Gasteiger partial charge in [-0.1, -0.05) is 12.2 Å². The zero-order valence-corrected chi connectivity index (χ0v) is 38.0. The number of fused-ring (bicyclic) bond motifs is 2. The van der Waals surface area contributed by atoms with Gasteiger partial charge in [0, 0.05) is 83.6 Å². The third-order valence-electron chi connectivity index (χ3n) is 10.7. The van der Waals surface area contributed by atoms with Crippen molar-refractivity contribution in [3.63, 3.8) is 0 Å². The maximum Gasteiger partial charge on any atom is 0.276 e. The van der Waals surface area contributed by atoms with E-state index in [4.69, 9.17) is 30.7 Å². The molecule has 0 aliphatic carbocycles. The van der Waals surface area contributed by atoms with E-state index in [1.807, 2.05) is 23.6 Å². The third kappa shape index (κ3) is 10.9. The molecule has 354 valence electrons. The minimum Gasteiger partial charge on any atom is -0.494 e. The van der Waals surface area contributed by atoms with Crippen LogP contribution >= 0.6 is 0 Å². The molecule has 3 aromatic heterocycles. The molecule has 4 heterocycles. The van der Waals surface area contributed by atoms with Crippen LogP contribution in [0.2, 0.25) is 0 Å². The van der Waals surface area contributed by atoms with Gasteiger partial charge in [-0.3, -0.25) is 48.5 Å². The van der Waals surface area contributed by atoms with Gasteiger partial charge in [0.25, 0.3) is 17.7 Å². The number of primary amides is 2. The van der Waals surface area contributed by atoms with Crippen LogP contribution in [-0.4, -0.2) is 141 Å². The molecule has 7 amide bonds. The normalized spacial score (nSPS) is 12.9. The molecule has 0 spiro atoms. The third-order valence-corrected chi connectivity index (χ3v) is 10.7. The van der Waals surface area contributed by atoms with E-state index in [2.05, 4.69) is 26.0 Å². The van der Waals surface area contributed by atoms with Crippen molar-refractivity contribution in [2.45, 2.75) is 52.4 Å². The van der Waals surface area contributed by atoms with E-state index in [-0.39, 0.29) is 62.9 Å². The first-order chi connectivity index (χ1) is 32.1.